The molecule has 39 heavy (non-hydrogen) atoms. The van der Waals surface area contributed by atoms with E-state index in [0.717, 1.165) is 64.8 Å². The Bertz CT molecular complexity index is 1290. The first-order valence-electron chi connectivity index (χ1n) is 14.2. The van der Waals surface area contributed by atoms with Crippen LogP contribution in [0.15, 0.2) is 42.5 Å². The van der Waals surface area contributed by atoms with E-state index in [1.54, 1.807) is 0 Å². The number of rotatable bonds is 6. The molecule has 1 saturated carbocycles. The van der Waals surface area contributed by atoms with Gasteiger partial charge in [0.05, 0.1) is 11.9 Å². The highest BCUT2D eigenvalue weighted by Gasteiger charge is 2.28. The fraction of sp³-hybridized carbons (Fsp3) is 0.515. The number of benzene rings is 2. The summed E-state index contributed by atoms with van der Waals surface area (Å²) in [6, 6.07) is 14.9. The summed E-state index contributed by atoms with van der Waals surface area (Å²) in [5.41, 5.74) is 4.46. The number of nitrogens with one attached hydrogen (secondary N) is 2. The van der Waals surface area contributed by atoms with Crippen LogP contribution in [0.2, 0.25) is 0 Å². The van der Waals surface area contributed by atoms with Gasteiger partial charge in [-0.2, -0.15) is 0 Å². The summed E-state index contributed by atoms with van der Waals surface area (Å²) in [7, 11) is 4.12. The lowest BCUT2D eigenvalue weighted by Crippen LogP contribution is -2.40. The van der Waals surface area contributed by atoms with E-state index >= 15 is 0 Å². The normalized spacial score (nSPS) is 18.2. The van der Waals surface area contributed by atoms with Crippen LogP contribution in [0.3, 0.4) is 0 Å². The van der Waals surface area contributed by atoms with Crippen LogP contribution in [0.25, 0.3) is 10.9 Å². The number of aromatic hydroxyl groups is 1. The number of anilines is 2. The quantitative estimate of drug-likeness (QED) is 0.331. The van der Waals surface area contributed by atoms with Crippen molar-refractivity contribution in [1.29, 1.82) is 0 Å². The van der Waals surface area contributed by atoms with E-state index in [1.165, 1.54) is 0 Å². The highest BCUT2D eigenvalue weighted by atomic mass is 16.3. The van der Waals surface area contributed by atoms with Crippen molar-refractivity contribution in [2.75, 3.05) is 24.3 Å². The van der Waals surface area contributed by atoms with Crippen LogP contribution < -0.4 is 15.5 Å². The summed E-state index contributed by atoms with van der Waals surface area (Å²) in [5, 5.41) is 19.1. The molecule has 3 aromatic rings. The minimum absolute atomic E-state index is 0.0450. The van der Waals surface area contributed by atoms with E-state index in [4.69, 9.17) is 4.98 Å². The predicted molar refractivity (Wildman–Crippen MR) is 163 cm³/mol. The molecule has 4 rings (SSSR count). The molecule has 0 radical (unpaired) electrons. The van der Waals surface area contributed by atoms with Gasteiger partial charge in [-0.3, -0.25) is 4.79 Å². The largest absolute Gasteiger partial charge is 0.507 e. The summed E-state index contributed by atoms with van der Waals surface area (Å²) in [6.07, 6.45) is 4.16. The van der Waals surface area contributed by atoms with Crippen LogP contribution in [0.4, 0.5) is 11.5 Å². The van der Waals surface area contributed by atoms with Gasteiger partial charge in [0.2, 0.25) is 5.91 Å². The number of carbonyl (C=O) groups excluding carboxylic acids is 1. The van der Waals surface area contributed by atoms with Crippen LogP contribution in [-0.2, 0) is 22.0 Å². The third-order valence-corrected chi connectivity index (χ3v) is 7.77. The molecule has 3 N–H and O–H groups in total. The first-order chi connectivity index (χ1) is 18.2. The average Bonchev–Trinajstić information content (AvgIpc) is 2.84. The molecule has 1 amide bonds. The molecule has 6 heteroatoms. The van der Waals surface area contributed by atoms with Crippen molar-refractivity contribution in [2.45, 2.75) is 96.6 Å². The van der Waals surface area contributed by atoms with Crippen molar-refractivity contribution in [1.82, 2.24) is 10.3 Å². The number of carbonyl (C=O) groups is 1. The Hall–Kier alpha value is -3.28. The molecule has 1 fully saturated rings. The van der Waals surface area contributed by atoms with Crippen LogP contribution in [0.5, 0.6) is 5.75 Å². The number of nitrogens with zero attached hydrogens (tertiary/aromatic N) is 2. The number of hydrogen-bond acceptors (Lipinski definition) is 5. The van der Waals surface area contributed by atoms with Crippen LogP contribution in [0, 0.1) is 0 Å². The number of phenols is 1. The fourth-order valence-electron chi connectivity index (χ4n) is 5.60. The lowest BCUT2D eigenvalue weighted by atomic mass is 9.78. The van der Waals surface area contributed by atoms with E-state index in [9.17, 15) is 9.90 Å². The molecule has 1 aliphatic rings. The van der Waals surface area contributed by atoms with Gasteiger partial charge in [0, 0.05) is 43.3 Å². The van der Waals surface area contributed by atoms with Gasteiger partial charge >= 0.3 is 0 Å². The van der Waals surface area contributed by atoms with Crippen molar-refractivity contribution in [3.05, 3.63) is 59.2 Å². The Morgan fingerprint density at radius 2 is 1.49 bits per heavy atom. The smallest absolute Gasteiger partial charge is 0.224 e. The molecule has 210 valence electrons. The Labute approximate surface area is 234 Å². The third-order valence-electron chi connectivity index (χ3n) is 7.77. The van der Waals surface area contributed by atoms with Gasteiger partial charge < -0.3 is 20.6 Å². The Kier molecular flexibility index (Phi) is 8.15. The summed E-state index contributed by atoms with van der Waals surface area (Å²) in [6.45, 7) is 12.6. The van der Waals surface area contributed by atoms with Crippen LogP contribution in [0.1, 0.15) is 83.9 Å². The van der Waals surface area contributed by atoms with Crippen molar-refractivity contribution in [3.63, 3.8) is 0 Å². The van der Waals surface area contributed by atoms with Crippen molar-refractivity contribution in [3.8, 4) is 5.75 Å². The van der Waals surface area contributed by atoms with Gasteiger partial charge in [-0.25, -0.2) is 4.98 Å². The molecule has 1 aliphatic carbocycles. The summed E-state index contributed by atoms with van der Waals surface area (Å²) in [5.74, 6) is 1.30. The molecule has 1 heterocycles. The molecular weight excluding hydrogens is 484 g/mol. The first-order valence-corrected chi connectivity index (χ1v) is 14.2. The van der Waals surface area contributed by atoms with Crippen molar-refractivity contribution < 1.29 is 9.90 Å². The van der Waals surface area contributed by atoms with Crippen LogP contribution >= 0.6 is 0 Å². The Balaban J connectivity index is 1.38. The lowest BCUT2D eigenvalue weighted by molar-refractivity contribution is -0.121. The zero-order chi connectivity index (χ0) is 28.5. The Morgan fingerprint density at radius 3 is 2.05 bits per heavy atom. The van der Waals surface area contributed by atoms with Gasteiger partial charge in [0.15, 0.2) is 0 Å². The molecule has 0 bridgehead atoms. The number of amides is 1. The van der Waals surface area contributed by atoms with E-state index in [-0.39, 0.29) is 22.8 Å². The molecule has 0 spiro atoms. The van der Waals surface area contributed by atoms with Crippen molar-refractivity contribution in [2.24, 2.45) is 0 Å². The minimum atomic E-state index is -0.213. The van der Waals surface area contributed by atoms with E-state index in [0.29, 0.717) is 18.2 Å². The van der Waals surface area contributed by atoms with Gasteiger partial charge in [-0.05, 0) is 59.3 Å². The number of para-hydroxylation sites is 1. The van der Waals surface area contributed by atoms with Crippen LogP contribution in [-0.4, -0.2) is 42.2 Å². The lowest BCUT2D eigenvalue weighted by Gasteiger charge is -2.31. The topological polar surface area (TPSA) is 77.5 Å². The maximum atomic E-state index is 13.1. The SMILES string of the molecule is CN(C)c1cc(NC2CCC(NC(=O)Cc3cc(C(C)(C)C)c(O)c(C(C)(C)C)c3)CC2)nc2ccccc12. The molecular formula is C33H46N4O2. The highest BCUT2D eigenvalue weighted by molar-refractivity contribution is 5.93. The first kappa shape index (κ1) is 28.7. The minimum Gasteiger partial charge on any atom is -0.507 e. The highest BCUT2D eigenvalue weighted by Crippen LogP contribution is 2.40. The number of aromatic nitrogens is 1. The summed E-state index contributed by atoms with van der Waals surface area (Å²) >= 11 is 0. The number of hydrogen-bond donors (Lipinski definition) is 3. The second-order valence-corrected chi connectivity index (χ2v) is 13.4. The number of phenolic OH excluding ortho intramolecular Hbond substituents is 1. The summed E-state index contributed by atoms with van der Waals surface area (Å²) < 4.78 is 0. The van der Waals surface area contributed by atoms with Gasteiger partial charge in [-0.15, -0.1) is 0 Å². The second kappa shape index (κ2) is 11.1. The fourth-order valence-corrected chi connectivity index (χ4v) is 5.60. The predicted octanol–water partition coefficient (Wildman–Crippen LogP) is 6.68. The van der Waals surface area contributed by atoms with Gasteiger partial charge in [0.25, 0.3) is 0 Å². The molecule has 6 nitrogen and oxygen atoms in total. The molecule has 2 aromatic carbocycles. The molecule has 0 atom stereocenters. The zero-order valence-corrected chi connectivity index (χ0v) is 25.0. The Morgan fingerprint density at radius 1 is 0.923 bits per heavy atom. The summed E-state index contributed by atoms with van der Waals surface area (Å²) in [4.78, 5) is 20.1. The van der Waals surface area contributed by atoms with E-state index in [2.05, 4.69) is 89.4 Å². The van der Waals surface area contributed by atoms with E-state index in [1.807, 2.05) is 24.3 Å². The number of pyridine rings is 1. The van der Waals surface area contributed by atoms with Gasteiger partial charge in [-0.1, -0.05) is 71.9 Å². The second-order valence-electron chi connectivity index (χ2n) is 13.4. The van der Waals surface area contributed by atoms with Crippen molar-refractivity contribution >= 4 is 28.3 Å². The monoisotopic (exact) mass is 530 g/mol. The van der Waals surface area contributed by atoms with E-state index < -0.39 is 0 Å². The van der Waals surface area contributed by atoms with Gasteiger partial charge in [0.1, 0.15) is 11.6 Å². The molecule has 0 saturated heterocycles. The maximum absolute atomic E-state index is 13.1. The third kappa shape index (κ3) is 6.84. The molecule has 1 aromatic heterocycles. The number of fused-ring (bicyclic) bond motifs is 1. The zero-order valence-electron chi connectivity index (χ0n) is 25.0. The molecule has 0 aliphatic heterocycles. The molecule has 0 unspecified atom stereocenters. The average molecular weight is 531 g/mol. The standard InChI is InChI=1S/C33H46N4O2/c1-32(2,3)25-17-21(18-26(31(25)39)33(4,5)6)19-30(38)35-23-15-13-22(14-16-23)34-29-20-28(37(7)8)24-11-9-10-12-27(24)36-29/h9-12,17-18,20,22-23,39H,13-16,19H2,1-8H3,(H,34,36)(H,35,38). The maximum Gasteiger partial charge on any atom is 0.224 e.